The lowest BCUT2D eigenvalue weighted by atomic mass is 9.69. The number of rotatable bonds is 1. The second kappa shape index (κ2) is 3.19. The lowest BCUT2D eigenvalue weighted by Gasteiger charge is -2.35. The standard InChI is InChI=1S/C13H16O3/c1-6-2-7-3-8-4-9(5-10(7)8)12(14)11(6)13(15)16/h2,6,8-11H,3-5H2,1H3,(H,15,16). The van der Waals surface area contributed by atoms with E-state index in [9.17, 15) is 14.7 Å². The summed E-state index contributed by atoms with van der Waals surface area (Å²) in [6.45, 7) is 1.86. The molecule has 5 atom stereocenters. The second-order valence-corrected chi connectivity index (χ2v) is 5.56. The van der Waals surface area contributed by atoms with Crippen LogP contribution in [0.3, 0.4) is 0 Å². The van der Waals surface area contributed by atoms with Crippen molar-refractivity contribution in [1.29, 1.82) is 0 Å². The maximum atomic E-state index is 12.2. The number of hydrogen-bond acceptors (Lipinski definition) is 2. The molecule has 5 unspecified atom stereocenters. The third-order valence-electron chi connectivity index (χ3n) is 4.65. The van der Waals surface area contributed by atoms with Gasteiger partial charge in [0.1, 0.15) is 5.92 Å². The summed E-state index contributed by atoms with van der Waals surface area (Å²) < 4.78 is 0. The van der Waals surface area contributed by atoms with Gasteiger partial charge in [-0.15, -0.1) is 0 Å². The van der Waals surface area contributed by atoms with Crippen LogP contribution in [-0.2, 0) is 9.59 Å². The summed E-state index contributed by atoms with van der Waals surface area (Å²) in [6, 6.07) is 0. The van der Waals surface area contributed by atoms with Gasteiger partial charge in [0, 0.05) is 5.92 Å². The van der Waals surface area contributed by atoms with Crippen LogP contribution < -0.4 is 0 Å². The van der Waals surface area contributed by atoms with Crippen LogP contribution in [0.1, 0.15) is 26.2 Å². The van der Waals surface area contributed by atoms with Gasteiger partial charge in [-0.25, -0.2) is 0 Å². The normalized spacial score (nSPS) is 45.4. The Morgan fingerprint density at radius 1 is 1.44 bits per heavy atom. The molecule has 3 aliphatic rings. The molecule has 3 heteroatoms. The number of carboxylic acids is 1. The van der Waals surface area contributed by atoms with Crippen LogP contribution in [0, 0.1) is 29.6 Å². The van der Waals surface area contributed by atoms with Crippen molar-refractivity contribution in [1.82, 2.24) is 0 Å². The summed E-state index contributed by atoms with van der Waals surface area (Å²) in [4.78, 5) is 23.3. The molecule has 3 nitrogen and oxygen atoms in total. The minimum atomic E-state index is -0.947. The molecule has 3 aliphatic carbocycles. The fraction of sp³-hybridized carbons (Fsp3) is 0.692. The highest BCUT2D eigenvalue weighted by molar-refractivity contribution is 6.00. The first-order chi connectivity index (χ1) is 7.58. The van der Waals surface area contributed by atoms with E-state index in [1.54, 1.807) is 0 Å². The summed E-state index contributed by atoms with van der Waals surface area (Å²) in [5, 5.41) is 9.17. The first-order valence-corrected chi connectivity index (χ1v) is 6.05. The van der Waals surface area contributed by atoms with E-state index in [2.05, 4.69) is 6.08 Å². The van der Waals surface area contributed by atoms with E-state index in [1.165, 1.54) is 5.57 Å². The number of Topliss-reactive ketones (excluding diaryl/α,β-unsaturated/α-hetero) is 1. The topological polar surface area (TPSA) is 54.4 Å². The van der Waals surface area contributed by atoms with Crippen molar-refractivity contribution in [3.05, 3.63) is 11.6 Å². The van der Waals surface area contributed by atoms with Gasteiger partial charge in [-0.3, -0.25) is 9.59 Å². The highest BCUT2D eigenvalue weighted by Gasteiger charge is 2.50. The Kier molecular flexibility index (Phi) is 2.00. The predicted molar refractivity (Wildman–Crippen MR) is 57.7 cm³/mol. The summed E-state index contributed by atoms with van der Waals surface area (Å²) in [7, 11) is 0. The lowest BCUT2D eigenvalue weighted by molar-refractivity contribution is -0.149. The average Bonchev–Trinajstić information content (AvgIpc) is 2.53. The summed E-state index contributed by atoms with van der Waals surface area (Å²) in [6.07, 6.45) is 4.99. The van der Waals surface area contributed by atoms with Crippen LogP contribution in [-0.4, -0.2) is 16.9 Å². The summed E-state index contributed by atoms with van der Waals surface area (Å²) >= 11 is 0. The molecule has 0 aromatic carbocycles. The first-order valence-electron chi connectivity index (χ1n) is 6.05. The average molecular weight is 220 g/mol. The van der Waals surface area contributed by atoms with Gasteiger partial charge >= 0.3 is 5.97 Å². The van der Waals surface area contributed by atoms with Crippen LogP contribution >= 0.6 is 0 Å². The van der Waals surface area contributed by atoms with Crippen molar-refractivity contribution in [2.24, 2.45) is 29.6 Å². The van der Waals surface area contributed by atoms with Gasteiger partial charge in [0.05, 0.1) is 0 Å². The minimum Gasteiger partial charge on any atom is -0.481 e. The molecule has 0 heterocycles. The van der Waals surface area contributed by atoms with Crippen molar-refractivity contribution in [3.63, 3.8) is 0 Å². The van der Waals surface area contributed by atoms with E-state index < -0.39 is 11.9 Å². The zero-order valence-corrected chi connectivity index (χ0v) is 9.35. The second-order valence-electron chi connectivity index (χ2n) is 5.56. The summed E-state index contributed by atoms with van der Waals surface area (Å²) in [5.74, 6) is -0.625. The number of hydrogen-bond donors (Lipinski definition) is 1. The zero-order valence-electron chi connectivity index (χ0n) is 9.35. The van der Waals surface area contributed by atoms with E-state index in [4.69, 9.17) is 0 Å². The van der Waals surface area contributed by atoms with Crippen molar-refractivity contribution in [2.45, 2.75) is 26.2 Å². The fourth-order valence-corrected chi connectivity index (χ4v) is 3.82. The van der Waals surface area contributed by atoms with Gasteiger partial charge in [0.15, 0.2) is 5.78 Å². The highest BCUT2D eigenvalue weighted by atomic mass is 16.4. The minimum absolute atomic E-state index is 0.0183. The first kappa shape index (κ1) is 10.1. The Bertz CT molecular complexity index is 396. The van der Waals surface area contributed by atoms with Gasteiger partial charge in [-0.05, 0) is 37.0 Å². The van der Waals surface area contributed by atoms with E-state index in [0.717, 1.165) is 19.3 Å². The maximum Gasteiger partial charge on any atom is 0.314 e. The molecule has 16 heavy (non-hydrogen) atoms. The van der Waals surface area contributed by atoms with Gasteiger partial charge in [-0.2, -0.15) is 0 Å². The van der Waals surface area contributed by atoms with Crippen LogP contribution in [0.15, 0.2) is 11.6 Å². The number of carbonyl (C=O) groups is 2. The monoisotopic (exact) mass is 220 g/mol. The molecule has 3 rings (SSSR count). The van der Waals surface area contributed by atoms with Crippen LogP contribution in [0.25, 0.3) is 0 Å². The maximum absolute atomic E-state index is 12.2. The molecule has 2 bridgehead atoms. The predicted octanol–water partition coefficient (Wildman–Crippen LogP) is 1.88. The number of fused-ring (bicyclic) bond motifs is 1. The van der Waals surface area contributed by atoms with E-state index in [0.29, 0.717) is 11.8 Å². The third-order valence-corrected chi connectivity index (χ3v) is 4.65. The Balaban J connectivity index is 2.00. The molecule has 0 saturated heterocycles. The fourth-order valence-electron chi connectivity index (χ4n) is 3.82. The molecule has 0 aliphatic heterocycles. The molecule has 0 amide bonds. The molecule has 0 aromatic rings. The smallest absolute Gasteiger partial charge is 0.314 e. The molecule has 2 fully saturated rings. The van der Waals surface area contributed by atoms with Gasteiger partial charge in [-0.1, -0.05) is 18.6 Å². The molecular formula is C13H16O3. The summed E-state index contributed by atoms with van der Waals surface area (Å²) in [5.41, 5.74) is 1.42. The number of carbonyl (C=O) groups excluding carboxylic acids is 1. The Morgan fingerprint density at radius 3 is 2.88 bits per heavy atom. The van der Waals surface area contributed by atoms with Crippen molar-refractivity contribution >= 4 is 11.8 Å². The Morgan fingerprint density at radius 2 is 2.19 bits per heavy atom. The van der Waals surface area contributed by atoms with E-state index >= 15 is 0 Å². The van der Waals surface area contributed by atoms with Crippen LogP contribution in [0.5, 0.6) is 0 Å². The zero-order chi connectivity index (χ0) is 11.4. The molecule has 86 valence electrons. The SMILES string of the molecule is CC1C=C2CC3CC(CC23)C(=O)C1C(=O)O. The number of carboxylic acid groups (broad SMARTS) is 1. The quantitative estimate of drug-likeness (QED) is 0.542. The van der Waals surface area contributed by atoms with E-state index in [1.807, 2.05) is 6.92 Å². The molecule has 0 radical (unpaired) electrons. The molecular weight excluding hydrogens is 204 g/mol. The number of ketones is 1. The highest BCUT2D eigenvalue weighted by Crippen LogP contribution is 2.55. The van der Waals surface area contributed by atoms with Crippen LogP contribution in [0.4, 0.5) is 0 Å². The van der Waals surface area contributed by atoms with Crippen molar-refractivity contribution in [2.75, 3.05) is 0 Å². The molecule has 0 aromatic heterocycles. The molecule has 2 saturated carbocycles. The largest absolute Gasteiger partial charge is 0.481 e. The van der Waals surface area contributed by atoms with E-state index in [-0.39, 0.29) is 17.6 Å². The lowest BCUT2D eigenvalue weighted by Crippen LogP contribution is -2.34. The Hall–Kier alpha value is -1.12. The van der Waals surface area contributed by atoms with Gasteiger partial charge < -0.3 is 5.11 Å². The Labute approximate surface area is 94.5 Å². The number of allylic oxidation sites excluding steroid dienone is 2. The van der Waals surface area contributed by atoms with Gasteiger partial charge in [0.25, 0.3) is 0 Å². The number of aliphatic carboxylic acids is 1. The van der Waals surface area contributed by atoms with Gasteiger partial charge in [0.2, 0.25) is 0 Å². The van der Waals surface area contributed by atoms with Crippen molar-refractivity contribution < 1.29 is 14.7 Å². The molecule has 0 spiro atoms. The van der Waals surface area contributed by atoms with Crippen molar-refractivity contribution in [3.8, 4) is 0 Å². The third kappa shape index (κ3) is 1.20. The molecule has 1 N–H and O–H groups in total. The van der Waals surface area contributed by atoms with Crippen LogP contribution in [0.2, 0.25) is 0 Å².